The van der Waals surface area contributed by atoms with Gasteiger partial charge in [-0.3, -0.25) is 4.79 Å². The first-order chi connectivity index (χ1) is 6.46. The number of fused-ring (bicyclic) bond motifs is 2. The number of Topliss-reactive ketones (excluding diaryl/α,β-unsaturated/α-hetero) is 1. The Balaban J connectivity index is 2.29. The molecule has 2 aliphatic rings. The van der Waals surface area contributed by atoms with E-state index in [9.17, 15) is 15.0 Å². The van der Waals surface area contributed by atoms with Crippen molar-refractivity contribution in [3.8, 4) is 0 Å². The van der Waals surface area contributed by atoms with Crippen molar-refractivity contribution in [2.45, 2.75) is 37.9 Å². The van der Waals surface area contributed by atoms with Gasteiger partial charge in [-0.25, -0.2) is 0 Å². The predicted octanol–water partition coefficient (Wildman–Crippen LogP) is -0.941. The van der Waals surface area contributed by atoms with E-state index in [4.69, 9.17) is 9.47 Å². The van der Waals surface area contributed by atoms with Gasteiger partial charge in [0.2, 0.25) is 0 Å². The molecule has 2 N–H and O–H groups in total. The predicted molar refractivity (Wildman–Crippen MR) is 45.4 cm³/mol. The van der Waals surface area contributed by atoms with Gasteiger partial charge in [-0.1, -0.05) is 0 Å². The zero-order valence-electron chi connectivity index (χ0n) is 8.14. The van der Waals surface area contributed by atoms with E-state index in [0.29, 0.717) is 0 Å². The van der Waals surface area contributed by atoms with Crippen molar-refractivity contribution in [3.63, 3.8) is 0 Å². The molecule has 2 bridgehead atoms. The molecule has 2 heterocycles. The topological polar surface area (TPSA) is 76.0 Å². The number of aliphatic hydroxyl groups is 2. The van der Waals surface area contributed by atoms with E-state index >= 15 is 0 Å². The second-order valence-corrected chi connectivity index (χ2v) is 4.18. The summed E-state index contributed by atoms with van der Waals surface area (Å²) in [6.07, 6.45) is -2.88. The third-order valence-corrected chi connectivity index (χ3v) is 3.00. The Morgan fingerprint density at radius 3 is 2.71 bits per heavy atom. The smallest absolute Gasteiger partial charge is 0.170 e. The van der Waals surface area contributed by atoms with Crippen molar-refractivity contribution in [2.75, 3.05) is 6.61 Å². The largest absolute Gasteiger partial charge is 0.389 e. The molecule has 5 nitrogen and oxygen atoms in total. The molecule has 5 heteroatoms. The summed E-state index contributed by atoms with van der Waals surface area (Å²) in [4.78, 5) is 11.2. The number of aliphatic hydroxyl groups excluding tert-OH is 2. The highest BCUT2D eigenvalue weighted by Gasteiger charge is 2.57. The van der Waals surface area contributed by atoms with Crippen LogP contribution in [0.2, 0.25) is 0 Å². The summed E-state index contributed by atoms with van der Waals surface area (Å²) < 4.78 is 10.6. The molecule has 0 aliphatic carbocycles. The number of hydrogen-bond donors (Lipinski definition) is 2. The standard InChI is InChI=1S/C9H14O5/c1-4(10)5-6(11)7(12)9(2)3-13-8(5)14-9/h5-8,11-12H,3H2,1-2H3/t5-,6+,7+,8-,9-/m0/s1. The molecule has 2 saturated heterocycles. The maximum Gasteiger partial charge on any atom is 0.170 e. The van der Waals surface area contributed by atoms with Gasteiger partial charge >= 0.3 is 0 Å². The zero-order valence-corrected chi connectivity index (χ0v) is 8.14. The SMILES string of the molecule is CC(=O)[C@@H]1[C@H]2OC[C@](C)(O2)[C@H](O)[C@@H]1O. The molecular formula is C9H14O5. The molecule has 0 aromatic carbocycles. The molecule has 0 saturated carbocycles. The summed E-state index contributed by atoms with van der Waals surface area (Å²) in [5, 5.41) is 19.5. The first-order valence-electron chi connectivity index (χ1n) is 4.62. The Hall–Kier alpha value is -0.490. The lowest BCUT2D eigenvalue weighted by molar-refractivity contribution is -0.230. The van der Waals surface area contributed by atoms with E-state index in [2.05, 4.69) is 0 Å². The van der Waals surface area contributed by atoms with Crippen LogP contribution in [-0.4, -0.2) is 46.7 Å². The lowest BCUT2D eigenvalue weighted by atomic mass is 9.84. The normalized spacial score (nSPS) is 52.0. The van der Waals surface area contributed by atoms with Gasteiger partial charge in [-0.15, -0.1) is 0 Å². The fraction of sp³-hybridized carbons (Fsp3) is 0.889. The molecule has 0 radical (unpaired) electrons. The molecule has 0 aromatic heterocycles. The second-order valence-electron chi connectivity index (χ2n) is 4.18. The first-order valence-corrected chi connectivity index (χ1v) is 4.62. The molecule has 80 valence electrons. The minimum Gasteiger partial charge on any atom is -0.389 e. The van der Waals surface area contributed by atoms with Gasteiger partial charge in [0.25, 0.3) is 0 Å². The Morgan fingerprint density at radius 1 is 1.50 bits per heavy atom. The van der Waals surface area contributed by atoms with Crippen LogP contribution in [0.4, 0.5) is 0 Å². The monoisotopic (exact) mass is 202 g/mol. The van der Waals surface area contributed by atoms with Crippen molar-refractivity contribution >= 4 is 5.78 Å². The van der Waals surface area contributed by atoms with Gasteiger partial charge in [-0.2, -0.15) is 0 Å². The summed E-state index contributed by atoms with van der Waals surface area (Å²) in [7, 11) is 0. The molecule has 0 unspecified atom stereocenters. The number of ketones is 1. The summed E-state index contributed by atoms with van der Waals surface area (Å²) in [6.45, 7) is 3.23. The van der Waals surface area contributed by atoms with Crippen molar-refractivity contribution in [2.24, 2.45) is 5.92 Å². The van der Waals surface area contributed by atoms with Crippen LogP contribution in [0.1, 0.15) is 13.8 Å². The van der Waals surface area contributed by atoms with Gasteiger partial charge < -0.3 is 19.7 Å². The van der Waals surface area contributed by atoms with Gasteiger partial charge in [-0.05, 0) is 13.8 Å². The van der Waals surface area contributed by atoms with E-state index in [1.54, 1.807) is 6.92 Å². The molecular weight excluding hydrogens is 188 g/mol. The maximum absolute atomic E-state index is 11.2. The molecule has 2 fully saturated rings. The number of rotatable bonds is 1. The third kappa shape index (κ3) is 1.20. The first kappa shape index (κ1) is 10.0. The van der Waals surface area contributed by atoms with Crippen LogP contribution in [0.5, 0.6) is 0 Å². The van der Waals surface area contributed by atoms with E-state index in [1.807, 2.05) is 0 Å². The van der Waals surface area contributed by atoms with Crippen LogP contribution in [0.3, 0.4) is 0 Å². The van der Waals surface area contributed by atoms with E-state index in [-0.39, 0.29) is 12.4 Å². The van der Waals surface area contributed by atoms with Crippen LogP contribution >= 0.6 is 0 Å². The average Bonchev–Trinajstić information content (AvgIpc) is 2.43. The lowest BCUT2D eigenvalue weighted by Gasteiger charge is -2.39. The maximum atomic E-state index is 11.2. The summed E-state index contributed by atoms with van der Waals surface area (Å²) >= 11 is 0. The van der Waals surface area contributed by atoms with Crippen molar-refractivity contribution in [1.29, 1.82) is 0 Å². The molecule has 0 spiro atoms. The van der Waals surface area contributed by atoms with Crippen LogP contribution in [0.25, 0.3) is 0 Å². The van der Waals surface area contributed by atoms with Crippen molar-refractivity contribution in [3.05, 3.63) is 0 Å². The minimum atomic E-state index is -1.10. The van der Waals surface area contributed by atoms with Crippen molar-refractivity contribution < 1.29 is 24.5 Å². The number of hydrogen-bond acceptors (Lipinski definition) is 5. The highest BCUT2D eigenvalue weighted by atomic mass is 16.7. The lowest BCUT2D eigenvalue weighted by Crippen LogP contribution is -2.58. The van der Waals surface area contributed by atoms with Crippen LogP contribution in [0, 0.1) is 5.92 Å². The Bertz CT molecular complexity index is 266. The van der Waals surface area contributed by atoms with Crippen molar-refractivity contribution in [1.82, 2.24) is 0 Å². The fourth-order valence-electron chi connectivity index (χ4n) is 2.06. The molecule has 2 rings (SSSR count). The quantitative estimate of drug-likeness (QED) is 0.574. The average molecular weight is 202 g/mol. The Kier molecular flexibility index (Phi) is 2.15. The number of carbonyl (C=O) groups excluding carboxylic acids is 1. The summed E-state index contributed by atoms with van der Waals surface area (Å²) in [5.74, 6) is -1.01. The molecule has 5 atom stereocenters. The van der Waals surface area contributed by atoms with E-state index in [1.165, 1.54) is 6.92 Å². The molecule has 14 heavy (non-hydrogen) atoms. The second kappa shape index (κ2) is 3.00. The summed E-state index contributed by atoms with van der Waals surface area (Å²) in [6, 6.07) is 0. The number of carbonyl (C=O) groups is 1. The van der Waals surface area contributed by atoms with E-state index in [0.717, 1.165) is 0 Å². The Labute approximate surface area is 81.6 Å². The van der Waals surface area contributed by atoms with Crippen LogP contribution < -0.4 is 0 Å². The Morgan fingerprint density at radius 2 is 2.14 bits per heavy atom. The van der Waals surface area contributed by atoms with Gasteiger partial charge in [0.15, 0.2) is 6.29 Å². The van der Waals surface area contributed by atoms with Crippen LogP contribution in [-0.2, 0) is 14.3 Å². The summed E-state index contributed by atoms with van der Waals surface area (Å²) in [5.41, 5.74) is -0.879. The molecule has 0 aromatic rings. The zero-order chi connectivity index (χ0) is 10.5. The molecule has 2 aliphatic heterocycles. The molecule has 0 amide bonds. The van der Waals surface area contributed by atoms with Gasteiger partial charge in [0.05, 0.1) is 18.6 Å². The van der Waals surface area contributed by atoms with Gasteiger partial charge in [0.1, 0.15) is 17.5 Å². The highest BCUT2D eigenvalue weighted by molar-refractivity contribution is 5.79. The third-order valence-electron chi connectivity index (χ3n) is 3.00. The minimum absolute atomic E-state index is 0.208. The fourth-order valence-corrected chi connectivity index (χ4v) is 2.06. The van der Waals surface area contributed by atoms with Crippen LogP contribution in [0.15, 0.2) is 0 Å². The number of ether oxygens (including phenoxy) is 2. The van der Waals surface area contributed by atoms with Gasteiger partial charge in [0, 0.05) is 0 Å². The highest BCUT2D eigenvalue weighted by Crippen LogP contribution is 2.39. The van der Waals surface area contributed by atoms with E-state index < -0.39 is 30.0 Å².